The molecule has 0 saturated carbocycles. The summed E-state index contributed by atoms with van der Waals surface area (Å²) in [6.07, 6.45) is -5.18. The quantitative estimate of drug-likeness (QED) is 0.478. The molecule has 2 rings (SSSR count). The molecule has 0 fully saturated rings. The Hall–Kier alpha value is -2.96. The van der Waals surface area contributed by atoms with Crippen molar-refractivity contribution in [2.24, 2.45) is 10.2 Å². The number of carbonyl (C=O) groups excluding carboxylic acids is 1. The van der Waals surface area contributed by atoms with Crippen LogP contribution in [0.2, 0.25) is 0 Å². The van der Waals surface area contributed by atoms with Crippen molar-refractivity contribution in [3.63, 3.8) is 0 Å². The number of hydrogen-bond acceptors (Lipinski definition) is 4. The van der Waals surface area contributed by atoms with E-state index in [4.69, 9.17) is 0 Å². The summed E-state index contributed by atoms with van der Waals surface area (Å²) >= 11 is 0. The number of aliphatic hydroxyl groups is 1. The van der Waals surface area contributed by atoms with E-state index < -0.39 is 23.4 Å². The molecule has 0 spiro atoms. The summed E-state index contributed by atoms with van der Waals surface area (Å²) in [5.74, 6) is -3.14. The van der Waals surface area contributed by atoms with Crippen molar-refractivity contribution in [3.05, 3.63) is 71.4 Å². The number of rotatable bonds is 4. The average molecular weight is 334 g/mol. The van der Waals surface area contributed by atoms with Crippen molar-refractivity contribution in [1.82, 2.24) is 0 Å². The van der Waals surface area contributed by atoms with E-state index in [0.717, 1.165) is 5.56 Å². The summed E-state index contributed by atoms with van der Waals surface area (Å²) in [6.45, 7) is 1.83. The van der Waals surface area contributed by atoms with E-state index in [1.807, 2.05) is 6.92 Å². The minimum absolute atomic E-state index is 0.0351. The van der Waals surface area contributed by atoms with E-state index >= 15 is 0 Å². The van der Waals surface area contributed by atoms with Gasteiger partial charge in [0.15, 0.2) is 11.5 Å². The Morgan fingerprint density at radius 2 is 1.58 bits per heavy atom. The lowest BCUT2D eigenvalue weighted by atomic mass is 10.1. The SMILES string of the molecule is Cc1ccc(N=NC(C(=O)C(F)(F)F)=C(O)c2ccccc2)cc1. The second-order valence-electron chi connectivity index (χ2n) is 4.93. The van der Waals surface area contributed by atoms with Gasteiger partial charge < -0.3 is 5.11 Å². The Balaban J connectivity index is 2.47. The van der Waals surface area contributed by atoms with E-state index in [2.05, 4.69) is 10.2 Å². The first-order valence-electron chi connectivity index (χ1n) is 6.87. The van der Waals surface area contributed by atoms with E-state index in [1.54, 1.807) is 18.2 Å². The minimum atomic E-state index is -5.18. The predicted molar refractivity (Wildman–Crippen MR) is 82.7 cm³/mol. The molecule has 24 heavy (non-hydrogen) atoms. The molecular formula is C17H13F3N2O2. The lowest BCUT2D eigenvalue weighted by Crippen LogP contribution is -2.24. The Morgan fingerprint density at radius 3 is 2.12 bits per heavy atom. The van der Waals surface area contributed by atoms with E-state index in [1.165, 1.54) is 36.4 Å². The average Bonchev–Trinajstić information content (AvgIpc) is 2.56. The maximum Gasteiger partial charge on any atom is 0.456 e. The fourth-order valence-electron chi connectivity index (χ4n) is 1.79. The van der Waals surface area contributed by atoms with E-state index in [9.17, 15) is 23.1 Å². The molecule has 0 aromatic heterocycles. The molecule has 0 unspecified atom stereocenters. The topological polar surface area (TPSA) is 62.0 Å². The highest BCUT2D eigenvalue weighted by Gasteiger charge is 2.43. The van der Waals surface area contributed by atoms with Gasteiger partial charge in [-0.1, -0.05) is 48.0 Å². The van der Waals surface area contributed by atoms with Gasteiger partial charge in [-0.2, -0.15) is 18.3 Å². The van der Waals surface area contributed by atoms with Crippen LogP contribution in [0.1, 0.15) is 11.1 Å². The molecule has 2 aromatic carbocycles. The third-order valence-corrected chi connectivity index (χ3v) is 3.04. The van der Waals surface area contributed by atoms with Gasteiger partial charge in [-0.3, -0.25) is 4.79 Å². The normalized spacial score (nSPS) is 13.0. The number of alkyl halides is 3. The third-order valence-electron chi connectivity index (χ3n) is 3.04. The number of halogens is 3. The number of Topliss-reactive ketones (excluding diaryl/α,β-unsaturated/α-hetero) is 1. The largest absolute Gasteiger partial charge is 0.505 e. The molecule has 2 aromatic rings. The maximum atomic E-state index is 12.8. The molecule has 4 nitrogen and oxygen atoms in total. The van der Waals surface area contributed by atoms with Crippen LogP contribution in [0.5, 0.6) is 0 Å². The molecule has 0 radical (unpaired) electrons. The van der Waals surface area contributed by atoms with Crippen molar-refractivity contribution in [2.45, 2.75) is 13.1 Å². The van der Waals surface area contributed by atoms with Crippen LogP contribution < -0.4 is 0 Å². The summed E-state index contributed by atoms with van der Waals surface area (Å²) in [6, 6.07) is 13.8. The number of aliphatic hydroxyl groups excluding tert-OH is 1. The zero-order chi connectivity index (χ0) is 17.7. The van der Waals surface area contributed by atoms with Crippen LogP contribution in [-0.4, -0.2) is 17.1 Å². The maximum absolute atomic E-state index is 12.8. The van der Waals surface area contributed by atoms with Gasteiger partial charge in [0.25, 0.3) is 5.78 Å². The van der Waals surface area contributed by atoms with Gasteiger partial charge in [-0.05, 0) is 19.1 Å². The molecule has 124 valence electrons. The molecule has 0 bridgehead atoms. The number of aryl methyl sites for hydroxylation is 1. The smallest absolute Gasteiger partial charge is 0.456 e. The first-order chi connectivity index (χ1) is 11.3. The minimum Gasteiger partial charge on any atom is -0.505 e. The first-order valence-corrected chi connectivity index (χ1v) is 6.87. The number of nitrogens with zero attached hydrogens (tertiary/aromatic N) is 2. The zero-order valence-electron chi connectivity index (χ0n) is 12.6. The lowest BCUT2D eigenvalue weighted by molar-refractivity contribution is -0.166. The van der Waals surface area contributed by atoms with E-state index in [0.29, 0.717) is 0 Å². The van der Waals surface area contributed by atoms with Crippen LogP contribution >= 0.6 is 0 Å². The number of carbonyl (C=O) groups is 1. The second kappa shape index (κ2) is 7.08. The number of hydrogen-bond donors (Lipinski definition) is 1. The Bertz CT molecular complexity index is 780. The summed E-state index contributed by atoms with van der Waals surface area (Å²) in [5, 5.41) is 17.0. The van der Waals surface area contributed by atoms with Crippen molar-refractivity contribution in [1.29, 1.82) is 0 Å². The van der Waals surface area contributed by atoms with Gasteiger partial charge in [0.05, 0.1) is 5.69 Å². The lowest BCUT2D eigenvalue weighted by Gasteiger charge is -2.08. The summed E-state index contributed by atoms with van der Waals surface area (Å²) < 4.78 is 38.3. The molecule has 0 aliphatic carbocycles. The second-order valence-corrected chi connectivity index (χ2v) is 4.93. The molecular weight excluding hydrogens is 321 g/mol. The molecule has 0 amide bonds. The molecule has 0 heterocycles. The van der Waals surface area contributed by atoms with Crippen molar-refractivity contribution < 1.29 is 23.1 Å². The van der Waals surface area contributed by atoms with E-state index in [-0.39, 0.29) is 11.3 Å². The molecule has 0 aliphatic heterocycles. The molecule has 0 aliphatic rings. The van der Waals surface area contributed by atoms with Gasteiger partial charge >= 0.3 is 6.18 Å². The highest BCUT2D eigenvalue weighted by molar-refractivity contribution is 6.04. The predicted octanol–water partition coefficient (Wildman–Crippen LogP) is 5.14. The number of azo groups is 1. The number of ketones is 1. The standard InChI is InChI=1S/C17H13F3N2O2/c1-11-7-9-13(10-8-11)21-22-14(16(24)17(18,19)20)15(23)12-5-3-2-4-6-12/h2-10,23H,1H3. The zero-order valence-corrected chi connectivity index (χ0v) is 12.6. The third kappa shape index (κ3) is 4.28. The van der Waals surface area contributed by atoms with Crippen LogP contribution in [0, 0.1) is 6.92 Å². The Morgan fingerprint density at radius 1 is 1.00 bits per heavy atom. The summed E-state index contributed by atoms with van der Waals surface area (Å²) in [7, 11) is 0. The monoisotopic (exact) mass is 334 g/mol. The van der Waals surface area contributed by atoms with Crippen LogP contribution in [0.15, 0.2) is 70.5 Å². The Labute approximate surface area is 136 Å². The van der Waals surface area contributed by atoms with Crippen molar-refractivity contribution >= 4 is 17.2 Å². The van der Waals surface area contributed by atoms with Crippen LogP contribution in [0.25, 0.3) is 5.76 Å². The van der Waals surface area contributed by atoms with Gasteiger partial charge in [0.1, 0.15) is 0 Å². The summed E-state index contributed by atoms with van der Waals surface area (Å²) in [4.78, 5) is 11.6. The highest BCUT2D eigenvalue weighted by Crippen LogP contribution is 2.27. The number of allylic oxidation sites excluding steroid dienone is 1. The van der Waals surface area contributed by atoms with Crippen LogP contribution in [-0.2, 0) is 4.79 Å². The fourth-order valence-corrected chi connectivity index (χ4v) is 1.79. The molecule has 1 N–H and O–H groups in total. The Kier molecular flexibility index (Phi) is 5.13. The van der Waals surface area contributed by atoms with Gasteiger partial charge in [0.2, 0.25) is 0 Å². The van der Waals surface area contributed by atoms with Crippen molar-refractivity contribution in [2.75, 3.05) is 0 Å². The van der Waals surface area contributed by atoms with Gasteiger partial charge in [-0.25, -0.2) is 0 Å². The van der Waals surface area contributed by atoms with Crippen LogP contribution in [0.3, 0.4) is 0 Å². The molecule has 0 atom stereocenters. The van der Waals surface area contributed by atoms with Gasteiger partial charge in [-0.15, -0.1) is 5.11 Å². The fraction of sp³-hybridized carbons (Fsp3) is 0.118. The highest BCUT2D eigenvalue weighted by atomic mass is 19.4. The molecule has 7 heteroatoms. The van der Waals surface area contributed by atoms with Crippen LogP contribution in [0.4, 0.5) is 18.9 Å². The van der Waals surface area contributed by atoms with Gasteiger partial charge in [0, 0.05) is 5.56 Å². The number of benzene rings is 2. The summed E-state index contributed by atoms with van der Waals surface area (Å²) in [5.41, 5.74) is 0.0689. The first kappa shape index (κ1) is 17.4. The molecule has 0 saturated heterocycles. The van der Waals surface area contributed by atoms with Crippen molar-refractivity contribution in [3.8, 4) is 0 Å².